The van der Waals surface area contributed by atoms with Crippen molar-refractivity contribution in [1.29, 1.82) is 0 Å². The van der Waals surface area contributed by atoms with E-state index >= 15 is 0 Å². The summed E-state index contributed by atoms with van der Waals surface area (Å²) in [5.74, 6) is 1.32. The summed E-state index contributed by atoms with van der Waals surface area (Å²) in [5.41, 5.74) is 2.66. The van der Waals surface area contributed by atoms with Crippen molar-refractivity contribution in [2.24, 2.45) is 0 Å². The Morgan fingerprint density at radius 1 is 1.56 bits per heavy atom. The number of nitrogens with one attached hydrogen (secondary N) is 1. The molecule has 2 unspecified atom stereocenters. The first-order chi connectivity index (χ1) is 7.77. The molecular weight excluding hydrogens is 216 g/mol. The van der Waals surface area contributed by atoms with E-state index in [1.165, 1.54) is 29.7 Å². The van der Waals surface area contributed by atoms with Gasteiger partial charge >= 0.3 is 0 Å². The Morgan fingerprint density at radius 3 is 3.19 bits per heavy atom. The molecule has 1 aliphatic heterocycles. The molecule has 0 bridgehead atoms. The molecule has 1 aromatic heterocycles. The molecule has 0 amide bonds. The van der Waals surface area contributed by atoms with Crippen LogP contribution in [0.5, 0.6) is 0 Å². The van der Waals surface area contributed by atoms with Gasteiger partial charge in [0, 0.05) is 30.2 Å². The van der Waals surface area contributed by atoms with E-state index in [9.17, 15) is 0 Å². The highest BCUT2D eigenvalue weighted by molar-refractivity contribution is 7.99. The number of rotatable bonds is 3. The van der Waals surface area contributed by atoms with Crippen LogP contribution in [0.15, 0.2) is 18.5 Å². The van der Waals surface area contributed by atoms with Gasteiger partial charge in [0.25, 0.3) is 0 Å². The molecule has 0 radical (unpaired) electrons. The van der Waals surface area contributed by atoms with Gasteiger partial charge in [-0.15, -0.1) is 0 Å². The summed E-state index contributed by atoms with van der Waals surface area (Å²) in [5, 5.41) is 4.41. The number of aryl methyl sites for hydroxylation is 1. The number of pyridine rings is 1. The van der Waals surface area contributed by atoms with Gasteiger partial charge < -0.3 is 5.32 Å². The molecule has 2 heterocycles. The second-order valence-electron chi connectivity index (χ2n) is 4.51. The zero-order valence-corrected chi connectivity index (χ0v) is 10.9. The first-order valence-corrected chi connectivity index (χ1v) is 7.06. The molecule has 2 nitrogen and oxygen atoms in total. The minimum atomic E-state index is 0.665. The average molecular weight is 236 g/mol. The first kappa shape index (κ1) is 11.9. The maximum absolute atomic E-state index is 4.18. The lowest BCUT2D eigenvalue weighted by molar-refractivity contribution is 0.461. The molecule has 2 atom stereocenters. The van der Waals surface area contributed by atoms with Crippen molar-refractivity contribution in [2.75, 3.05) is 5.75 Å². The number of aromatic nitrogens is 1. The number of hydrogen-bond acceptors (Lipinski definition) is 3. The first-order valence-electron chi connectivity index (χ1n) is 6.02. The van der Waals surface area contributed by atoms with Crippen LogP contribution in [-0.4, -0.2) is 22.0 Å². The summed E-state index contributed by atoms with van der Waals surface area (Å²) in [6, 6.07) is 2.74. The van der Waals surface area contributed by atoms with Gasteiger partial charge in [0.2, 0.25) is 0 Å². The Morgan fingerprint density at radius 2 is 2.44 bits per heavy atom. The molecule has 1 aromatic rings. The van der Waals surface area contributed by atoms with Crippen LogP contribution in [0.2, 0.25) is 0 Å². The lowest BCUT2D eigenvalue weighted by Crippen LogP contribution is -2.38. The fourth-order valence-electron chi connectivity index (χ4n) is 2.11. The van der Waals surface area contributed by atoms with Crippen molar-refractivity contribution >= 4 is 11.8 Å². The molecule has 0 saturated carbocycles. The van der Waals surface area contributed by atoms with Gasteiger partial charge in [0.05, 0.1) is 0 Å². The molecule has 16 heavy (non-hydrogen) atoms. The van der Waals surface area contributed by atoms with Crippen molar-refractivity contribution in [3.05, 3.63) is 29.6 Å². The highest BCUT2D eigenvalue weighted by atomic mass is 32.2. The molecule has 0 aliphatic carbocycles. The van der Waals surface area contributed by atoms with Crippen molar-refractivity contribution in [1.82, 2.24) is 10.3 Å². The van der Waals surface area contributed by atoms with E-state index < -0.39 is 0 Å². The molecule has 2 rings (SSSR count). The predicted octanol–water partition coefficient (Wildman–Crippen LogP) is 2.76. The van der Waals surface area contributed by atoms with E-state index in [0.717, 1.165) is 11.8 Å². The highest BCUT2D eigenvalue weighted by Crippen LogP contribution is 2.25. The van der Waals surface area contributed by atoms with Crippen LogP contribution in [0, 0.1) is 6.92 Å². The summed E-state index contributed by atoms with van der Waals surface area (Å²) in [4.78, 5) is 4.18. The molecular formula is C13H20N2S. The third-order valence-corrected chi connectivity index (χ3v) is 4.69. The average Bonchev–Trinajstić information content (AvgIpc) is 2.30. The van der Waals surface area contributed by atoms with Crippen molar-refractivity contribution in [2.45, 2.75) is 44.5 Å². The van der Waals surface area contributed by atoms with Crippen molar-refractivity contribution in [3.8, 4) is 0 Å². The minimum Gasteiger partial charge on any atom is -0.309 e. The lowest BCUT2D eigenvalue weighted by atomic mass is 10.1. The van der Waals surface area contributed by atoms with Gasteiger partial charge in [-0.3, -0.25) is 4.98 Å². The minimum absolute atomic E-state index is 0.665. The molecule has 88 valence electrons. The van der Waals surface area contributed by atoms with E-state index in [0.29, 0.717) is 6.04 Å². The van der Waals surface area contributed by atoms with Crippen LogP contribution in [0.25, 0.3) is 0 Å². The molecule has 0 aromatic carbocycles. The smallest absolute Gasteiger partial charge is 0.0315 e. The normalized spacial score (nSPS) is 25.6. The summed E-state index contributed by atoms with van der Waals surface area (Å²) in [6.07, 6.45) is 6.49. The second-order valence-corrected chi connectivity index (χ2v) is 5.99. The topological polar surface area (TPSA) is 24.9 Å². The molecule has 0 spiro atoms. The van der Waals surface area contributed by atoms with E-state index in [4.69, 9.17) is 0 Å². The molecule has 1 fully saturated rings. The van der Waals surface area contributed by atoms with Gasteiger partial charge in [-0.25, -0.2) is 0 Å². The monoisotopic (exact) mass is 236 g/mol. The van der Waals surface area contributed by atoms with Gasteiger partial charge in [0.15, 0.2) is 0 Å². The van der Waals surface area contributed by atoms with Crippen LogP contribution in [0.3, 0.4) is 0 Å². The van der Waals surface area contributed by atoms with Crippen LogP contribution in [0.4, 0.5) is 0 Å². The van der Waals surface area contributed by atoms with Gasteiger partial charge in [-0.2, -0.15) is 11.8 Å². The molecule has 3 heteroatoms. The standard InChI is InChI=1S/C13H20N2S/c1-10-5-6-14-8-12(10)9-15-13-4-3-7-16-11(13)2/h5-6,8,11,13,15H,3-4,7,9H2,1-2H3. The van der Waals surface area contributed by atoms with Gasteiger partial charge in [0.1, 0.15) is 0 Å². The lowest BCUT2D eigenvalue weighted by Gasteiger charge is -2.29. The maximum Gasteiger partial charge on any atom is 0.0315 e. The highest BCUT2D eigenvalue weighted by Gasteiger charge is 2.20. The van der Waals surface area contributed by atoms with E-state index in [1.54, 1.807) is 0 Å². The number of nitrogens with zero attached hydrogens (tertiary/aromatic N) is 1. The molecule has 1 N–H and O–H groups in total. The summed E-state index contributed by atoms with van der Waals surface area (Å²) in [6.45, 7) is 5.44. The predicted molar refractivity (Wildman–Crippen MR) is 70.8 cm³/mol. The Bertz CT molecular complexity index is 340. The fourth-order valence-corrected chi connectivity index (χ4v) is 3.28. The largest absolute Gasteiger partial charge is 0.309 e. The van der Waals surface area contributed by atoms with Crippen LogP contribution in [-0.2, 0) is 6.54 Å². The maximum atomic E-state index is 4.18. The van der Waals surface area contributed by atoms with Gasteiger partial charge in [-0.1, -0.05) is 6.92 Å². The fraction of sp³-hybridized carbons (Fsp3) is 0.615. The van der Waals surface area contributed by atoms with E-state index in [1.807, 2.05) is 12.4 Å². The third kappa shape index (κ3) is 2.98. The van der Waals surface area contributed by atoms with Crippen LogP contribution >= 0.6 is 11.8 Å². The zero-order chi connectivity index (χ0) is 11.4. The second kappa shape index (κ2) is 5.69. The zero-order valence-electron chi connectivity index (χ0n) is 10.1. The summed E-state index contributed by atoms with van der Waals surface area (Å²) in [7, 11) is 0. The molecule has 1 aliphatic rings. The Balaban J connectivity index is 1.89. The quantitative estimate of drug-likeness (QED) is 0.873. The van der Waals surface area contributed by atoms with E-state index in [2.05, 4.69) is 42.0 Å². The van der Waals surface area contributed by atoms with E-state index in [-0.39, 0.29) is 0 Å². The van der Waals surface area contributed by atoms with Crippen LogP contribution in [0.1, 0.15) is 30.9 Å². The van der Waals surface area contributed by atoms with Gasteiger partial charge in [-0.05, 0) is 42.7 Å². The summed E-state index contributed by atoms with van der Waals surface area (Å²) >= 11 is 2.09. The third-order valence-electron chi connectivity index (χ3n) is 3.31. The Labute approximate surface area is 102 Å². The SMILES string of the molecule is Cc1ccncc1CNC1CCCSC1C. The summed E-state index contributed by atoms with van der Waals surface area (Å²) < 4.78 is 0. The van der Waals surface area contributed by atoms with Crippen molar-refractivity contribution < 1.29 is 0 Å². The van der Waals surface area contributed by atoms with Crippen LogP contribution < -0.4 is 5.32 Å². The van der Waals surface area contributed by atoms with Crippen molar-refractivity contribution in [3.63, 3.8) is 0 Å². The number of thioether (sulfide) groups is 1. The number of hydrogen-bond donors (Lipinski definition) is 1. The Hall–Kier alpha value is -0.540. The molecule has 1 saturated heterocycles. The Kier molecular flexibility index (Phi) is 4.24.